The van der Waals surface area contributed by atoms with Gasteiger partial charge in [-0.05, 0) is 37.8 Å². The fourth-order valence-electron chi connectivity index (χ4n) is 2.55. The molecular weight excluding hydrogens is 166 g/mol. The minimum absolute atomic E-state index is 0.332. The van der Waals surface area contributed by atoms with Crippen molar-refractivity contribution < 1.29 is 9.47 Å². The summed E-state index contributed by atoms with van der Waals surface area (Å²) in [6, 6.07) is 0. The predicted octanol–water partition coefficient (Wildman–Crippen LogP) is 0.647. The number of nitrogens with one attached hydrogen (secondary N) is 1. The van der Waals surface area contributed by atoms with Gasteiger partial charge in [0, 0.05) is 13.7 Å². The van der Waals surface area contributed by atoms with Crippen LogP contribution < -0.4 is 5.32 Å². The summed E-state index contributed by atoms with van der Waals surface area (Å²) in [4.78, 5) is 0. The Balaban J connectivity index is 1.93. The molecule has 0 spiro atoms. The topological polar surface area (TPSA) is 30.5 Å². The normalized spacial score (nSPS) is 40.8. The van der Waals surface area contributed by atoms with Gasteiger partial charge in [0.1, 0.15) is 0 Å². The number of rotatable bonds is 2. The number of ether oxygens (including phenoxy) is 2. The van der Waals surface area contributed by atoms with Gasteiger partial charge in [0.15, 0.2) is 0 Å². The third-order valence-electron chi connectivity index (χ3n) is 3.36. The molecule has 1 N–H and O–H groups in total. The first-order chi connectivity index (χ1) is 6.42. The molecule has 2 aliphatic heterocycles. The highest BCUT2D eigenvalue weighted by atomic mass is 16.5. The van der Waals surface area contributed by atoms with Gasteiger partial charge in [-0.1, -0.05) is 0 Å². The molecule has 3 atom stereocenters. The standard InChI is InChI=1S/C10H19NO2/c1-12-10-7-13-5-3-9(10)8-2-4-11-6-8/h8-11H,2-7H2,1H3. The first-order valence-electron chi connectivity index (χ1n) is 5.23. The Morgan fingerprint density at radius 1 is 1.38 bits per heavy atom. The second kappa shape index (κ2) is 4.40. The van der Waals surface area contributed by atoms with Crippen molar-refractivity contribution in [2.75, 3.05) is 33.4 Å². The Labute approximate surface area is 79.8 Å². The molecule has 3 unspecified atom stereocenters. The lowest BCUT2D eigenvalue weighted by atomic mass is 9.83. The van der Waals surface area contributed by atoms with Crippen molar-refractivity contribution >= 4 is 0 Å². The fraction of sp³-hybridized carbons (Fsp3) is 1.00. The van der Waals surface area contributed by atoms with E-state index in [-0.39, 0.29) is 0 Å². The van der Waals surface area contributed by atoms with Gasteiger partial charge >= 0.3 is 0 Å². The molecular formula is C10H19NO2. The summed E-state index contributed by atoms with van der Waals surface area (Å²) in [6.45, 7) is 4.06. The van der Waals surface area contributed by atoms with Crippen molar-refractivity contribution in [3.05, 3.63) is 0 Å². The van der Waals surface area contributed by atoms with E-state index < -0.39 is 0 Å². The maximum atomic E-state index is 5.46. The number of methoxy groups -OCH3 is 1. The van der Waals surface area contributed by atoms with Gasteiger partial charge in [0.25, 0.3) is 0 Å². The Hall–Kier alpha value is -0.120. The lowest BCUT2D eigenvalue weighted by Gasteiger charge is -2.34. The maximum absolute atomic E-state index is 5.46. The van der Waals surface area contributed by atoms with E-state index in [1.54, 1.807) is 7.11 Å². The molecule has 0 radical (unpaired) electrons. The highest BCUT2D eigenvalue weighted by Gasteiger charge is 2.33. The zero-order valence-electron chi connectivity index (χ0n) is 8.29. The SMILES string of the molecule is COC1COCCC1C1CCNC1. The molecule has 2 saturated heterocycles. The average molecular weight is 185 g/mol. The summed E-state index contributed by atoms with van der Waals surface area (Å²) >= 11 is 0. The summed E-state index contributed by atoms with van der Waals surface area (Å²) < 4.78 is 10.9. The second-order valence-electron chi connectivity index (χ2n) is 4.05. The van der Waals surface area contributed by atoms with Gasteiger partial charge in [-0.25, -0.2) is 0 Å². The lowest BCUT2D eigenvalue weighted by molar-refractivity contribution is -0.0794. The molecule has 2 rings (SSSR count). The molecule has 0 saturated carbocycles. The molecule has 2 fully saturated rings. The lowest BCUT2D eigenvalue weighted by Crippen LogP contribution is -2.39. The zero-order valence-corrected chi connectivity index (χ0v) is 8.29. The van der Waals surface area contributed by atoms with Crippen LogP contribution in [0.5, 0.6) is 0 Å². The van der Waals surface area contributed by atoms with Crippen molar-refractivity contribution in [3.63, 3.8) is 0 Å². The van der Waals surface area contributed by atoms with E-state index in [1.165, 1.54) is 25.9 Å². The maximum Gasteiger partial charge on any atom is 0.0836 e. The van der Waals surface area contributed by atoms with Crippen LogP contribution in [-0.4, -0.2) is 39.5 Å². The zero-order chi connectivity index (χ0) is 9.10. The van der Waals surface area contributed by atoms with E-state index in [0.29, 0.717) is 12.0 Å². The molecule has 76 valence electrons. The quantitative estimate of drug-likeness (QED) is 0.685. The molecule has 0 bridgehead atoms. The molecule has 0 aromatic heterocycles. The minimum Gasteiger partial charge on any atom is -0.379 e. The van der Waals surface area contributed by atoms with Crippen molar-refractivity contribution in [2.24, 2.45) is 11.8 Å². The van der Waals surface area contributed by atoms with E-state index in [2.05, 4.69) is 5.32 Å². The van der Waals surface area contributed by atoms with E-state index in [4.69, 9.17) is 9.47 Å². The van der Waals surface area contributed by atoms with Crippen LogP contribution in [0.25, 0.3) is 0 Å². The molecule has 0 amide bonds. The van der Waals surface area contributed by atoms with Crippen LogP contribution in [0.15, 0.2) is 0 Å². The molecule has 2 heterocycles. The molecule has 13 heavy (non-hydrogen) atoms. The van der Waals surface area contributed by atoms with Crippen LogP contribution in [0.2, 0.25) is 0 Å². The monoisotopic (exact) mass is 185 g/mol. The largest absolute Gasteiger partial charge is 0.379 e. The van der Waals surface area contributed by atoms with Gasteiger partial charge in [-0.15, -0.1) is 0 Å². The van der Waals surface area contributed by atoms with Crippen molar-refractivity contribution in [2.45, 2.75) is 18.9 Å². The number of hydrogen-bond acceptors (Lipinski definition) is 3. The van der Waals surface area contributed by atoms with Gasteiger partial charge in [0.05, 0.1) is 12.7 Å². The van der Waals surface area contributed by atoms with Crippen LogP contribution in [-0.2, 0) is 9.47 Å². The van der Waals surface area contributed by atoms with Crippen LogP contribution in [0.4, 0.5) is 0 Å². The van der Waals surface area contributed by atoms with Gasteiger partial charge in [-0.3, -0.25) is 0 Å². The minimum atomic E-state index is 0.332. The molecule has 0 aliphatic carbocycles. The third kappa shape index (κ3) is 2.03. The van der Waals surface area contributed by atoms with Crippen molar-refractivity contribution in [1.29, 1.82) is 0 Å². The van der Waals surface area contributed by atoms with E-state index in [0.717, 1.165) is 19.1 Å². The summed E-state index contributed by atoms with van der Waals surface area (Å²) in [5.74, 6) is 1.53. The summed E-state index contributed by atoms with van der Waals surface area (Å²) in [5, 5.41) is 3.42. The summed E-state index contributed by atoms with van der Waals surface area (Å²) in [5.41, 5.74) is 0. The highest BCUT2D eigenvalue weighted by Crippen LogP contribution is 2.29. The fourth-order valence-corrected chi connectivity index (χ4v) is 2.55. The Morgan fingerprint density at radius 3 is 3.00 bits per heavy atom. The Morgan fingerprint density at radius 2 is 2.31 bits per heavy atom. The Bertz CT molecular complexity index is 155. The van der Waals surface area contributed by atoms with Crippen LogP contribution in [0.1, 0.15) is 12.8 Å². The first kappa shape index (κ1) is 9.44. The highest BCUT2D eigenvalue weighted by molar-refractivity contribution is 4.85. The van der Waals surface area contributed by atoms with Gasteiger partial charge in [-0.2, -0.15) is 0 Å². The van der Waals surface area contributed by atoms with Gasteiger partial charge < -0.3 is 14.8 Å². The average Bonchev–Trinajstić information content (AvgIpc) is 2.70. The van der Waals surface area contributed by atoms with Crippen LogP contribution in [0.3, 0.4) is 0 Å². The molecule has 0 aromatic carbocycles. The Kier molecular flexibility index (Phi) is 3.19. The number of hydrogen-bond donors (Lipinski definition) is 1. The van der Waals surface area contributed by atoms with E-state index in [9.17, 15) is 0 Å². The molecule has 2 aliphatic rings. The summed E-state index contributed by atoms with van der Waals surface area (Å²) in [6.07, 6.45) is 2.81. The molecule has 3 nitrogen and oxygen atoms in total. The second-order valence-corrected chi connectivity index (χ2v) is 4.05. The molecule has 3 heteroatoms. The predicted molar refractivity (Wildman–Crippen MR) is 50.7 cm³/mol. The van der Waals surface area contributed by atoms with Gasteiger partial charge in [0.2, 0.25) is 0 Å². The van der Waals surface area contributed by atoms with Crippen molar-refractivity contribution in [1.82, 2.24) is 5.32 Å². The van der Waals surface area contributed by atoms with Crippen LogP contribution >= 0.6 is 0 Å². The first-order valence-corrected chi connectivity index (χ1v) is 5.23. The van der Waals surface area contributed by atoms with Crippen molar-refractivity contribution in [3.8, 4) is 0 Å². The third-order valence-corrected chi connectivity index (χ3v) is 3.36. The summed E-state index contributed by atoms with van der Waals surface area (Å²) in [7, 11) is 1.80. The molecule has 0 aromatic rings. The van der Waals surface area contributed by atoms with E-state index in [1.807, 2.05) is 0 Å². The smallest absolute Gasteiger partial charge is 0.0836 e. The van der Waals surface area contributed by atoms with Crippen LogP contribution in [0, 0.1) is 11.8 Å². The van der Waals surface area contributed by atoms with E-state index >= 15 is 0 Å².